The molecule has 0 aliphatic heterocycles. The number of hydrogen-bond acceptors (Lipinski definition) is 2. The first kappa shape index (κ1) is 13.6. The van der Waals surface area contributed by atoms with E-state index in [9.17, 15) is 4.79 Å². The number of rotatable bonds is 2. The molecule has 1 aliphatic rings. The lowest BCUT2D eigenvalue weighted by atomic mass is 9.72. The van der Waals surface area contributed by atoms with E-state index < -0.39 is 5.97 Å². The number of allylic oxidation sites excluding steroid dienone is 2. The average Bonchev–Trinajstić information content (AvgIpc) is 2.23. The molecule has 0 fully saturated rings. The van der Waals surface area contributed by atoms with Crippen LogP contribution in [0.25, 0.3) is 0 Å². The lowest BCUT2D eigenvalue weighted by Crippen LogP contribution is -2.30. The maximum absolute atomic E-state index is 11.4. The summed E-state index contributed by atoms with van der Waals surface area (Å²) in [6, 6.07) is 0. The molecule has 0 radical (unpaired) electrons. The molecule has 0 saturated carbocycles. The number of carbonyl (C=O) groups excluding carboxylic acids is 1. The zero-order valence-corrected chi connectivity index (χ0v) is 11.1. The average molecular weight is 232 g/mol. The highest BCUT2D eigenvalue weighted by molar-refractivity contribution is 5.88. The van der Waals surface area contributed by atoms with Crippen LogP contribution in [-0.4, -0.2) is 12.1 Å². The fourth-order valence-electron chi connectivity index (χ4n) is 2.40. The Balaban J connectivity index is 2.94. The number of carbonyl (C=O) groups is 1. The molecule has 1 aliphatic carbocycles. The second kappa shape index (κ2) is 5.23. The normalized spacial score (nSPS) is 22.5. The Morgan fingerprint density at radius 2 is 2.24 bits per heavy atom. The van der Waals surface area contributed by atoms with Crippen LogP contribution in [0.15, 0.2) is 23.8 Å². The third kappa shape index (κ3) is 3.00. The monoisotopic (exact) mass is 232 g/mol. The third-order valence-electron chi connectivity index (χ3n) is 3.35. The van der Waals surface area contributed by atoms with Crippen molar-refractivity contribution in [1.29, 1.82) is 0 Å². The zero-order valence-electron chi connectivity index (χ0n) is 11.1. The summed E-state index contributed by atoms with van der Waals surface area (Å²) in [7, 11) is 0. The third-order valence-corrected chi connectivity index (χ3v) is 3.35. The van der Waals surface area contributed by atoms with Gasteiger partial charge in [-0.15, -0.1) is 0 Å². The van der Waals surface area contributed by atoms with E-state index in [1.54, 1.807) is 6.92 Å². The second-order valence-corrected chi connectivity index (χ2v) is 4.99. The van der Waals surface area contributed by atoms with Gasteiger partial charge in [0.05, 0.1) is 0 Å². The molecule has 0 aromatic carbocycles. The van der Waals surface area contributed by atoms with E-state index in [0.717, 1.165) is 18.4 Å². The van der Waals surface area contributed by atoms with Crippen molar-refractivity contribution < 1.29 is 9.53 Å². The molecular formula is C15H20O2. The van der Waals surface area contributed by atoms with E-state index in [0.29, 0.717) is 0 Å². The summed E-state index contributed by atoms with van der Waals surface area (Å²) in [6.07, 6.45) is 3.57. The van der Waals surface area contributed by atoms with E-state index in [-0.39, 0.29) is 11.5 Å². The van der Waals surface area contributed by atoms with Gasteiger partial charge in [0.25, 0.3) is 0 Å². The van der Waals surface area contributed by atoms with Crippen molar-refractivity contribution in [1.82, 2.24) is 0 Å². The van der Waals surface area contributed by atoms with Gasteiger partial charge in [0.2, 0.25) is 0 Å². The molecule has 2 heteroatoms. The van der Waals surface area contributed by atoms with Crippen molar-refractivity contribution in [3.8, 4) is 11.8 Å². The Morgan fingerprint density at radius 3 is 2.76 bits per heavy atom. The van der Waals surface area contributed by atoms with Crippen molar-refractivity contribution in [2.45, 2.75) is 46.6 Å². The first-order valence-corrected chi connectivity index (χ1v) is 5.89. The lowest BCUT2D eigenvalue weighted by molar-refractivity contribution is -0.141. The highest BCUT2D eigenvalue weighted by Gasteiger charge is 2.33. The molecule has 0 heterocycles. The Morgan fingerprint density at radius 1 is 1.59 bits per heavy atom. The van der Waals surface area contributed by atoms with Gasteiger partial charge in [-0.3, -0.25) is 0 Å². The molecule has 0 spiro atoms. The quantitative estimate of drug-likeness (QED) is 0.415. The van der Waals surface area contributed by atoms with Gasteiger partial charge in [0, 0.05) is 5.92 Å². The van der Waals surface area contributed by atoms with Crippen LogP contribution in [0.4, 0.5) is 0 Å². The van der Waals surface area contributed by atoms with Crippen molar-refractivity contribution >= 4 is 5.97 Å². The lowest BCUT2D eigenvalue weighted by Gasteiger charge is -2.36. The maximum Gasteiger partial charge on any atom is 0.384 e. The van der Waals surface area contributed by atoms with Gasteiger partial charge < -0.3 is 4.74 Å². The van der Waals surface area contributed by atoms with E-state index in [2.05, 4.69) is 32.3 Å². The Labute approximate surface area is 104 Å². The fourth-order valence-corrected chi connectivity index (χ4v) is 2.40. The van der Waals surface area contributed by atoms with Gasteiger partial charge in [-0.05, 0) is 43.3 Å². The van der Waals surface area contributed by atoms with E-state index in [1.807, 2.05) is 13.0 Å². The van der Waals surface area contributed by atoms with Crippen LogP contribution in [0, 0.1) is 17.3 Å². The highest BCUT2D eigenvalue weighted by atomic mass is 16.5. The predicted octanol–water partition coefficient (Wildman–Crippen LogP) is 3.24. The molecule has 0 aromatic rings. The summed E-state index contributed by atoms with van der Waals surface area (Å²) in [5.41, 5.74) is 2.40. The number of ether oxygens (including phenoxy) is 1. The van der Waals surface area contributed by atoms with Crippen LogP contribution in [0.5, 0.6) is 0 Å². The molecule has 0 unspecified atom stereocenters. The predicted molar refractivity (Wildman–Crippen MR) is 69.2 cm³/mol. The van der Waals surface area contributed by atoms with Crippen molar-refractivity contribution in [3.05, 3.63) is 23.8 Å². The van der Waals surface area contributed by atoms with Crippen LogP contribution in [0.2, 0.25) is 0 Å². The molecule has 17 heavy (non-hydrogen) atoms. The summed E-state index contributed by atoms with van der Waals surface area (Å²) < 4.78 is 5.35. The number of esters is 1. The van der Waals surface area contributed by atoms with E-state index >= 15 is 0 Å². The minimum absolute atomic E-state index is 0.116. The highest BCUT2D eigenvalue weighted by Crippen LogP contribution is 2.41. The van der Waals surface area contributed by atoms with Crippen LogP contribution < -0.4 is 0 Å². The smallest absolute Gasteiger partial charge is 0.384 e. The van der Waals surface area contributed by atoms with Crippen LogP contribution in [0.3, 0.4) is 0 Å². The first-order valence-electron chi connectivity index (χ1n) is 5.89. The van der Waals surface area contributed by atoms with Crippen molar-refractivity contribution in [2.24, 2.45) is 5.41 Å². The summed E-state index contributed by atoms with van der Waals surface area (Å²) in [5.74, 6) is 4.52. The summed E-state index contributed by atoms with van der Waals surface area (Å²) in [4.78, 5) is 11.4. The Hall–Kier alpha value is -1.49. The standard InChI is InChI=1S/C15H20O2/c1-6-8-14(16)17-13-9-10-15(4,5)12(7-2)11(13)3/h7,13H,2,9-10H2,1,3-5H3/t13-/m0/s1. The van der Waals surface area contributed by atoms with Crippen LogP contribution >= 0.6 is 0 Å². The molecule has 0 bridgehead atoms. The first-order chi connectivity index (χ1) is 7.92. The minimum Gasteiger partial charge on any atom is -0.448 e. The van der Waals surface area contributed by atoms with Crippen LogP contribution in [0.1, 0.15) is 40.5 Å². The molecule has 0 aromatic heterocycles. The zero-order chi connectivity index (χ0) is 13.1. The molecule has 1 rings (SSSR count). The summed E-state index contributed by atoms with van der Waals surface area (Å²) in [6.45, 7) is 11.9. The van der Waals surface area contributed by atoms with Gasteiger partial charge >= 0.3 is 5.97 Å². The molecule has 2 nitrogen and oxygen atoms in total. The van der Waals surface area contributed by atoms with Gasteiger partial charge in [0.1, 0.15) is 6.10 Å². The van der Waals surface area contributed by atoms with Crippen molar-refractivity contribution in [2.75, 3.05) is 0 Å². The summed E-state index contributed by atoms with van der Waals surface area (Å²) >= 11 is 0. The van der Waals surface area contributed by atoms with Gasteiger partial charge in [-0.2, -0.15) is 0 Å². The Kier molecular flexibility index (Phi) is 4.17. The largest absolute Gasteiger partial charge is 0.448 e. The van der Waals surface area contributed by atoms with Crippen LogP contribution in [-0.2, 0) is 9.53 Å². The molecule has 92 valence electrons. The second-order valence-electron chi connectivity index (χ2n) is 4.99. The van der Waals surface area contributed by atoms with E-state index in [1.165, 1.54) is 5.57 Å². The molecule has 0 N–H and O–H groups in total. The number of hydrogen-bond donors (Lipinski definition) is 0. The fraction of sp³-hybridized carbons (Fsp3) is 0.533. The van der Waals surface area contributed by atoms with Gasteiger partial charge in [-0.25, -0.2) is 4.79 Å². The summed E-state index contributed by atoms with van der Waals surface area (Å²) in [5, 5.41) is 0. The molecule has 0 saturated heterocycles. The maximum atomic E-state index is 11.4. The molecular weight excluding hydrogens is 212 g/mol. The minimum atomic E-state index is -0.444. The van der Waals surface area contributed by atoms with E-state index in [4.69, 9.17) is 4.74 Å². The van der Waals surface area contributed by atoms with Crippen molar-refractivity contribution in [3.63, 3.8) is 0 Å². The Bertz CT molecular complexity index is 416. The SMILES string of the molecule is C=CC1=C(C)[C@@H](OC(=O)C#CC)CCC1(C)C. The molecule has 0 amide bonds. The van der Waals surface area contributed by atoms with Gasteiger partial charge in [-0.1, -0.05) is 32.4 Å². The molecule has 1 atom stereocenters. The topological polar surface area (TPSA) is 26.3 Å². The van der Waals surface area contributed by atoms with Gasteiger partial charge in [0.15, 0.2) is 0 Å².